The van der Waals surface area contributed by atoms with Crippen molar-refractivity contribution >= 4 is 33.9 Å². The molecule has 4 aromatic rings. The third kappa shape index (κ3) is 3.13. The molecule has 3 aromatic heterocycles. The van der Waals surface area contributed by atoms with Crippen LogP contribution in [0.2, 0.25) is 0 Å². The first-order chi connectivity index (χ1) is 15.1. The average molecular weight is 415 g/mol. The van der Waals surface area contributed by atoms with Gasteiger partial charge in [-0.1, -0.05) is 0 Å². The van der Waals surface area contributed by atoms with Gasteiger partial charge in [0, 0.05) is 30.9 Å². The predicted molar refractivity (Wildman–Crippen MR) is 113 cm³/mol. The number of carbonyl (C=O) groups is 2. The second-order valence-corrected chi connectivity index (χ2v) is 8.65. The van der Waals surface area contributed by atoms with Crippen LogP contribution < -0.4 is 5.32 Å². The van der Waals surface area contributed by atoms with Crippen LogP contribution in [0.1, 0.15) is 40.1 Å². The van der Waals surface area contributed by atoms with Crippen molar-refractivity contribution in [2.75, 3.05) is 13.1 Å². The molecule has 9 heteroatoms. The lowest BCUT2D eigenvalue weighted by molar-refractivity contribution is 0.0720. The molecule has 0 radical (unpaired) electrons. The van der Waals surface area contributed by atoms with E-state index in [0.717, 1.165) is 42.4 Å². The van der Waals surface area contributed by atoms with Crippen molar-refractivity contribution in [3.05, 3.63) is 53.9 Å². The van der Waals surface area contributed by atoms with Gasteiger partial charge in [0.1, 0.15) is 16.7 Å². The zero-order valence-electron chi connectivity index (χ0n) is 16.8. The van der Waals surface area contributed by atoms with Crippen molar-refractivity contribution in [3.63, 3.8) is 0 Å². The molecule has 2 fully saturated rings. The van der Waals surface area contributed by atoms with Gasteiger partial charge in [0.2, 0.25) is 0 Å². The SMILES string of the molecule is O=C(NCC1CC2(CC2)CN1C(=O)c1ccc2n[nH]nc2c1)c1cc2ncccc2[nH]1. The maximum absolute atomic E-state index is 13.3. The molecule has 1 spiro atoms. The molecular formula is C22H21N7O2. The standard InChI is InChI=1S/C22H21N7O2/c30-20(19-9-17-15(25-19)2-1-7-23-17)24-11-14-10-22(5-6-22)12-29(14)21(31)13-3-4-16-18(8-13)27-28-26-16/h1-4,7-9,14,25H,5-6,10-12H2,(H,24,30)(H,26,27,28). The van der Waals surface area contributed by atoms with Crippen molar-refractivity contribution in [1.82, 2.24) is 35.6 Å². The number of amides is 2. The Labute approximate surface area is 177 Å². The number of hydrogen-bond donors (Lipinski definition) is 3. The van der Waals surface area contributed by atoms with Crippen molar-refractivity contribution in [3.8, 4) is 0 Å². The Kier molecular flexibility index (Phi) is 3.86. The smallest absolute Gasteiger partial charge is 0.267 e. The number of hydrogen-bond acceptors (Lipinski definition) is 5. The number of H-pyrrole nitrogens is 2. The van der Waals surface area contributed by atoms with Gasteiger partial charge in [-0.2, -0.15) is 15.4 Å². The lowest BCUT2D eigenvalue weighted by Crippen LogP contribution is -2.43. The quantitative estimate of drug-likeness (QED) is 0.472. The Morgan fingerprint density at radius 3 is 2.84 bits per heavy atom. The number of nitrogens with zero attached hydrogens (tertiary/aromatic N) is 4. The molecule has 9 nitrogen and oxygen atoms in total. The molecule has 2 amide bonds. The summed E-state index contributed by atoms with van der Waals surface area (Å²) in [4.78, 5) is 35.3. The number of aromatic nitrogens is 5. The van der Waals surface area contributed by atoms with E-state index in [1.54, 1.807) is 30.5 Å². The van der Waals surface area contributed by atoms with Gasteiger partial charge in [-0.25, -0.2) is 0 Å². The molecule has 1 saturated carbocycles. The monoisotopic (exact) mass is 415 g/mol. The van der Waals surface area contributed by atoms with E-state index >= 15 is 0 Å². The predicted octanol–water partition coefficient (Wildman–Crippen LogP) is 2.26. The summed E-state index contributed by atoms with van der Waals surface area (Å²) in [5, 5.41) is 13.7. The van der Waals surface area contributed by atoms with Crippen LogP contribution >= 0.6 is 0 Å². The van der Waals surface area contributed by atoms with E-state index in [4.69, 9.17) is 0 Å². The summed E-state index contributed by atoms with van der Waals surface area (Å²) < 4.78 is 0. The topological polar surface area (TPSA) is 120 Å². The van der Waals surface area contributed by atoms with Crippen LogP contribution in [0.15, 0.2) is 42.6 Å². The van der Waals surface area contributed by atoms with Gasteiger partial charge in [-0.15, -0.1) is 0 Å². The van der Waals surface area contributed by atoms with Crippen molar-refractivity contribution in [2.24, 2.45) is 5.41 Å². The van der Waals surface area contributed by atoms with Gasteiger partial charge in [-0.05, 0) is 61.1 Å². The maximum Gasteiger partial charge on any atom is 0.267 e. The molecule has 1 aromatic carbocycles. The number of nitrogens with one attached hydrogen (secondary N) is 3. The lowest BCUT2D eigenvalue weighted by Gasteiger charge is -2.25. The summed E-state index contributed by atoms with van der Waals surface area (Å²) in [6.07, 6.45) is 4.89. The van der Waals surface area contributed by atoms with E-state index in [9.17, 15) is 9.59 Å². The maximum atomic E-state index is 13.3. The molecule has 31 heavy (non-hydrogen) atoms. The van der Waals surface area contributed by atoms with E-state index in [1.165, 1.54) is 0 Å². The molecule has 1 aliphatic heterocycles. The Morgan fingerprint density at radius 1 is 1.13 bits per heavy atom. The number of rotatable bonds is 4. The summed E-state index contributed by atoms with van der Waals surface area (Å²) in [6.45, 7) is 1.15. The highest BCUT2D eigenvalue weighted by molar-refractivity contribution is 5.98. The van der Waals surface area contributed by atoms with Crippen molar-refractivity contribution < 1.29 is 9.59 Å². The highest BCUT2D eigenvalue weighted by Gasteiger charge is 2.53. The Bertz CT molecular complexity index is 1290. The molecular weight excluding hydrogens is 394 g/mol. The third-order valence-corrected chi connectivity index (χ3v) is 6.53. The zero-order valence-corrected chi connectivity index (χ0v) is 16.8. The lowest BCUT2D eigenvalue weighted by atomic mass is 10.0. The summed E-state index contributed by atoms with van der Waals surface area (Å²) in [7, 11) is 0. The van der Waals surface area contributed by atoms with Crippen molar-refractivity contribution in [2.45, 2.75) is 25.3 Å². The Balaban J connectivity index is 1.20. The Morgan fingerprint density at radius 2 is 2.00 bits per heavy atom. The van der Waals surface area contributed by atoms with E-state index in [2.05, 4.69) is 30.7 Å². The normalized spacial score (nSPS) is 19.4. The minimum absolute atomic E-state index is 0.0252. The van der Waals surface area contributed by atoms with Gasteiger partial charge in [0.05, 0.1) is 11.0 Å². The molecule has 1 saturated heterocycles. The van der Waals surface area contributed by atoms with E-state index in [0.29, 0.717) is 23.3 Å². The molecule has 1 unspecified atom stereocenters. The second kappa shape index (κ2) is 6.63. The van der Waals surface area contributed by atoms with Crippen LogP contribution in [0.4, 0.5) is 0 Å². The minimum atomic E-state index is -0.189. The number of fused-ring (bicyclic) bond motifs is 2. The highest BCUT2D eigenvalue weighted by atomic mass is 16.2. The average Bonchev–Trinajstić information content (AvgIpc) is 3.15. The molecule has 0 bridgehead atoms. The fourth-order valence-corrected chi connectivity index (χ4v) is 4.65. The van der Waals surface area contributed by atoms with E-state index in [1.807, 2.05) is 17.0 Å². The molecule has 156 valence electrons. The molecule has 3 N–H and O–H groups in total. The molecule has 6 rings (SSSR count). The first-order valence-corrected chi connectivity index (χ1v) is 10.4. The summed E-state index contributed by atoms with van der Waals surface area (Å²) in [5.41, 5.74) is 4.26. The number of carbonyl (C=O) groups excluding carboxylic acids is 2. The van der Waals surface area contributed by atoms with Gasteiger partial charge in [-0.3, -0.25) is 14.6 Å². The van der Waals surface area contributed by atoms with Gasteiger partial charge in [0.15, 0.2) is 0 Å². The first kappa shape index (κ1) is 18.1. The zero-order chi connectivity index (χ0) is 21.0. The first-order valence-electron chi connectivity index (χ1n) is 10.4. The van der Waals surface area contributed by atoms with Crippen LogP contribution in [0.5, 0.6) is 0 Å². The van der Waals surface area contributed by atoms with Gasteiger partial charge >= 0.3 is 0 Å². The van der Waals surface area contributed by atoms with Crippen LogP contribution in [0, 0.1) is 5.41 Å². The number of benzene rings is 1. The minimum Gasteiger partial charge on any atom is -0.349 e. The third-order valence-electron chi connectivity index (χ3n) is 6.53. The summed E-state index contributed by atoms with van der Waals surface area (Å²) in [5.74, 6) is -0.214. The van der Waals surface area contributed by atoms with E-state index < -0.39 is 0 Å². The number of likely N-dealkylation sites (tertiary alicyclic amines) is 1. The Hall–Kier alpha value is -3.75. The van der Waals surface area contributed by atoms with Crippen LogP contribution in [0.3, 0.4) is 0 Å². The van der Waals surface area contributed by atoms with Crippen LogP contribution in [-0.2, 0) is 0 Å². The fraction of sp³-hybridized carbons (Fsp3) is 0.318. The molecule has 1 atom stereocenters. The van der Waals surface area contributed by atoms with E-state index in [-0.39, 0.29) is 23.3 Å². The van der Waals surface area contributed by atoms with Gasteiger partial charge < -0.3 is 15.2 Å². The van der Waals surface area contributed by atoms with Crippen LogP contribution in [0.25, 0.3) is 22.1 Å². The second-order valence-electron chi connectivity index (χ2n) is 8.65. The number of pyridine rings is 1. The van der Waals surface area contributed by atoms with Crippen molar-refractivity contribution in [1.29, 1.82) is 0 Å². The molecule has 1 aliphatic carbocycles. The van der Waals surface area contributed by atoms with Gasteiger partial charge in [0.25, 0.3) is 11.8 Å². The number of aromatic amines is 2. The largest absolute Gasteiger partial charge is 0.349 e. The molecule has 4 heterocycles. The highest BCUT2D eigenvalue weighted by Crippen LogP contribution is 2.54. The fourth-order valence-electron chi connectivity index (χ4n) is 4.65. The van der Waals surface area contributed by atoms with Crippen LogP contribution in [-0.4, -0.2) is 61.2 Å². The summed E-state index contributed by atoms with van der Waals surface area (Å²) in [6, 6.07) is 10.8. The summed E-state index contributed by atoms with van der Waals surface area (Å²) >= 11 is 0. The molecule has 2 aliphatic rings.